The van der Waals surface area contributed by atoms with Crippen LogP contribution in [0.25, 0.3) is 0 Å². The van der Waals surface area contributed by atoms with Gasteiger partial charge in [0.15, 0.2) is 5.96 Å². The lowest BCUT2D eigenvalue weighted by atomic mass is 10.00. The van der Waals surface area contributed by atoms with Crippen LogP contribution in [0.5, 0.6) is 0 Å². The number of rotatable bonds is 3. The molecule has 0 aromatic carbocycles. The molecule has 0 atom stereocenters. The third-order valence-electron chi connectivity index (χ3n) is 4.14. The van der Waals surface area contributed by atoms with Crippen LogP contribution >= 0.6 is 24.0 Å². The van der Waals surface area contributed by atoms with Crippen molar-refractivity contribution in [1.82, 2.24) is 14.5 Å². The van der Waals surface area contributed by atoms with Crippen LogP contribution in [0.1, 0.15) is 26.2 Å². The predicted molar refractivity (Wildman–Crippen MR) is 96.7 cm³/mol. The zero-order valence-electron chi connectivity index (χ0n) is 12.9. The number of nitrogens with zero attached hydrogens (tertiary/aromatic N) is 3. The first-order chi connectivity index (χ1) is 9.53. The summed E-state index contributed by atoms with van der Waals surface area (Å²) in [7, 11) is -1.20. The van der Waals surface area contributed by atoms with E-state index in [4.69, 9.17) is 0 Å². The van der Waals surface area contributed by atoms with Crippen LogP contribution in [-0.4, -0.2) is 69.1 Å². The van der Waals surface area contributed by atoms with Gasteiger partial charge in [-0.05, 0) is 25.2 Å². The molecular weight excluding hydrogens is 403 g/mol. The smallest absolute Gasteiger partial charge is 0.214 e. The Bertz CT molecular complexity index is 447. The lowest BCUT2D eigenvalue weighted by Crippen LogP contribution is -2.47. The van der Waals surface area contributed by atoms with Crippen molar-refractivity contribution in [1.29, 1.82) is 0 Å². The van der Waals surface area contributed by atoms with E-state index in [0.717, 1.165) is 31.4 Å². The van der Waals surface area contributed by atoms with E-state index in [1.54, 1.807) is 11.4 Å². The van der Waals surface area contributed by atoms with Crippen molar-refractivity contribution in [2.75, 3.05) is 45.5 Å². The minimum atomic E-state index is -2.98. The van der Waals surface area contributed by atoms with E-state index >= 15 is 0 Å². The minimum absolute atomic E-state index is 0. The largest absolute Gasteiger partial charge is 0.355 e. The highest BCUT2D eigenvalue weighted by Gasteiger charge is 2.27. The number of guanidine groups is 1. The molecule has 1 N–H and O–H groups in total. The van der Waals surface area contributed by atoms with E-state index in [0.29, 0.717) is 25.4 Å². The van der Waals surface area contributed by atoms with Crippen LogP contribution in [-0.2, 0) is 10.0 Å². The second-order valence-electron chi connectivity index (χ2n) is 5.71. The van der Waals surface area contributed by atoms with E-state index in [2.05, 4.69) is 22.1 Å². The van der Waals surface area contributed by atoms with E-state index in [9.17, 15) is 8.42 Å². The van der Waals surface area contributed by atoms with E-state index in [-0.39, 0.29) is 24.0 Å². The van der Waals surface area contributed by atoms with Gasteiger partial charge in [0.2, 0.25) is 10.0 Å². The standard InChI is InChI=1S/C13H26N4O2S.HI/c1-12-4-8-16(9-5-12)13(14-2)15-6-10-17-7-3-11-20(17,18)19;/h12H,3-11H2,1-2H3,(H,14,15);1H. The van der Waals surface area contributed by atoms with Gasteiger partial charge in [0.05, 0.1) is 5.75 Å². The summed E-state index contributed by atoms with van der Waals surface area (Å²) in [5.41, 5.74) is 0. The van der Waals surface area contributed by atoms with Crippen molar-refractivity contribution in [3.8, 4) is 0 Å². The molecule has 0 aromatic rings. The number of hydrogen-bond donors (Lipinski definition) is 1. The average molecular weight is 430 g/mol. The SMILES string of the molecule is CN=C(NCCN1CCCS1(=O)=O)N1CCC(C)CC1.I. The molecule has 2 aliphatic rings. The molecule has 8 heteroatoms. The zero-order valence-corrected chi connectivity index (χ0v) is 16.1. The van der Waals surface area contributed by atoms with Crippen molar-refractivity contribution in [2.24, 2.45) is 10.9 Å². The molecular formula is C13H27IN4O2S. The van der Waals surface area contributed by atoms with Gasteiger partial charge in [0.1, 0.15) is 0 Å². The highest BCUT2D eigenvalue weighted by atomic mass is 127. The average Bonchev–Trinajstić information content (AvgIpc) is 2.75. The van der Waals surface area contributed by atoms with Crippen molar-refractivity contribution in [2.45, 2.75) is 26.2 Å². The third-order valence-corrected chi connectivity index (χ3v) is 6.10. The Morgan fingerprint density at radius 2 is 1.95 bits per heavy atom. The van der Waals surface area contributed by atoms with Crippen LogP contribution in [0.15, 0.2) is 4.99 Å². The van der Waals surface area contributed by atoms with Crippen molar-refractivity contribution in [3.05, 3.63) is 0 Å². The fourth-order valence-electron chi connectivity index (χ4n) is 2.79. The summed E-state index contributed by atoms with van der Waals surface area (Å²) in [6, 6.07) is 0. The van der Waals surface area contributed by atoms with Gasteiger partial charge in [0.25, 0.3) is 0 Å². The first-order valence-corrected chi connectivity index (χ1v) is 9.07. The molecule has 2 rings (SSSR count). The molecule has 0 aromatic heterocycles. The topological polar surface area (TPSA) is 65.0 Å². The molecule has 2 saturated heterocycles. The Hall–Kier alpha value is -0.0900. The van der Waals surface area contributed by atoms with Gasteiger partial charge in [-0.15, -0.1) is 24.0 Å². The van der Waals surface area contributed by atoms with Gasteiger partial charge in [-0.1, -0.05) is 6.92 Å². The van der Waals surface area contributed by atoms with Gasteiger partial charge < -0.3 is 10.2 Å². The molecule has 124 valence electrons. The van der Waals surface area contributed by atoms with E-state index in [1.807, 2.05) is 0 Å². The maximum Gasteiger partial charge on any atom is 0.214 e. The number of halogens is 1. The normalized spacial score (nSPS) is 23.9. The van der Waals surface area contributed by atoms with Crippen LogP contribution in [0.4, 0.5) is 0 Å². The van der Waals surface area contributed by atoms with Crippen molar-refractivity contribution in [3.63, 3.8) is 0 Å². The Labute approximate surface area is 145 Å². The number of sulfonamides is 1. The monoisotopic (exact) mass is 430 g/mol. The maximum absolute atomic E-state index is 11.7. The molecule has 2 heterocycles. The summed E-state index contributed by atoms with van der Waals surface area (Å²) < 4.78 is 25.0. The number of aliphatic imine (C=N–C) groups is 1. The second kappa shape index (κ2) is 8.52. The van der Waals surface area contributed by atoms with Crippen molar-refractivity contribution >= 4 is 40.0 Å². The summed E-state index contributed by atoms with van der Waals surface area (Å²) in [5.74, 6) is 1.98. The Balaban J connectivity index is 0.00000220. The van der Waals surface area contributed by atoms with Gasteiger partial charge in [-0.3, -0.25) is 4.99 Å². The fourth-order valence-corrected chi connectivity index (χ4v) is 4.32. The molecule has 21 heavy (non-hydrogen) atoms. The number of nitrogens with one attached hydrogen (secondary N) is 1. The van der Waals surface area contributed by atoms with Crippen LogP contribution < -0.4 is 5.32 Å². The van der Waals surface area contributed by atoms with Crippen LogP contribution in [0.3, 0.4) is 0 Å². The lowest BCUT2D eigenvalue weighted by molar-refractivity contribution is 0.273. The Morgan fingerprint density at radius 1 is 1.29 bits per heavy atom. The Morgan fingerprint density at radius 3 is 2.48 bits per heavy atom. The summed E-state index contributed by atoms with van der Waals surface area (Å²) in [6.07, 6.45) is 3.14. The van der Waals surface area contributed by atoms with Crippen LogP contribution in [0.2, 0.25) is 0 Å². The highest BCUT2D eigenvalue weighted by Crippen LogP contribution is 2.16. The summed E-state index contributed by atoms with van der Waals surface area (Å²) >= 11 is 0. The number of likely N-dealkylation sites (tertiary alicyclic amines) is 1. The zero-order chi connectivity index (χ0) is 14.6. The first-order valence-electron chi connectivity index (χ1n) is 7.46. The molecule has 0 bridgehead atoms. The number of piperidine rings is 1. The molecule has 0 spiro atoms. The molecule has 0 amide bonds. The molecule has 6 nitrogen and oxygen atoms in total. The first kappa shape index (κ1) is 19.0. The van der Waals surface area contributed by atoms with Crippen LogP contribution in [0, 0.1) is 5.92 Å². The molecule has 2 fully saturated rings. The molecule has 0 radical (unpaired) electrons. The van der Waals surface area contributed by atoms with Crippen molar-refractivity contribution < 1.29 is 8.42 Å². The molecule has 0 saturated carbocycles. The van der Waals surface area contributed by atoms with E-state index in [1.165, 1.54) is 12.8 Å². The highest BCUT2D eigenvalue weighted by molar-refractivity contribution is 14.0. The quantitative estimate of drug-likeness (QED) is 0.412. The maximum atomic E-state index is 11.7. The summed E-state index contributed by atoms with van der Waals surface area (Å²) in [6.45, 7) is 6.16. The van der Waals surface area contributed by atoms with Gasteiger partial charge in [0, 0.05) is 39.8 Å². The molecule has 0 unspecified atom stereocenters. The summed E-state index contributed by atoms with van der Waals surface area (Å²) in [5, 5.41) is 3.29. The fraction of sp³-hybridized carbons (Fsp3) is 0.923. The predicted octanol–water partition coefficient (Wildman–Crippen LogP) is 0.947. The second-order valence-corrected chi connectivity index (χ2v) is 7.80. The van der Waals surface area contributed by atoms with Gasteiger partial charge in [-0.2, -0.15) is 0 Å². The summed E-state index contributed by atoms with van der Waals surface area (Å²) in [4.78, 5) is 6.56. The van der Waals surface area contributed by atoms with Gasteiger partial charge in [-0.25, -0.2) is 12.7 Å². The van der Waals surface area contributed by atoms with Gasteiger partial charge >= 0.3 is 0 Å². The molecule has 0 aliphatic carbocycles. The molecule has 2 aliphatic heterocycles. The van der Waals surface area contributed by atoms with E-state index < -0.39 is 10.0 Å². The minimum Gasteiger partial charge on any atom is -0.355 e. The third kappa shape index (κ3) is 5.24. The lowest BCUT2D eigenvalue weighted by Gasteiger charge is -2.33. The Kier molecular flexibility index (Phi) is 7.69. The number of hydrogen-bond acceptors (Lipinski definition) is 3.